The summed E-state index contributed by atoms with van der Waals surface area (Å²) in [6.07, 6.45) is 2.85. The van der Waals surface area contributed by atoms with Gasteiger partial charge in [-0.05, 0) is 56.3 Å². The molecular formula is C18H30N2. The molecule has 2 heteroatoms. The molecule has 0 bridgehead atoms. The molecule has 0 aliphatic heterocycles. The van der Waals surface area contributed by atoms with Crippen molar-refractivity contribution in [2.24, 2.45) is 11.8 Å². The summed E-state index contributed by atoms with van der Waals surface area (Å²) < 4.78 is 0. The zero-order chi connectivity index (χ0) is 14.5. The Hall–Kier alpha value is -0.860. The molecule has 1 aliphatic carbocycles. The fourth-order valence-electron chi connectivity index (χ4n) is 2.64. The molecule has 1 aliphatic rings. The van der Waals surface area contributed by atoms with Gasteiger partial charge < -0.3 is 5.32 Å². The van der Waals surface area contributed by atoms with Crippen LogP contribution in [0.2, 0.25) is 0 Å². The van der Waals surface area contributed by atoms with Crippen LogP contribution in [0.4, 0.5) is 0 Å². The lowest BCUT2D eigenvalue weighted by Crippen LogP contribution is -2.30. The molecule has 1 saturated carbocycles. The molecule has 2 nitrogen and oxygen atoms in total. The van der Waals surface area contributed by atoms with Gasteiger partial charge in [0, 0.05) is 19.1 Å². The molecule has 20 heavy (non-hydrogen) atoms. The van der Waals surface area contributed by atoms with Gasteiger partial charge in [0.2, 0.25) is 0 Å². The third kappa shape index (κ3) is 4.92. The van der Waals surface area contributed by atoms with Gasteiger partial charge in [0.15, 0.2) is 0 Å². The molecule has 0 radical (unpaired) electrons. The van der Waals surface area contributed by atoms with E-state index < -0.39 is 0 Å². The average molecular weight is 274 g/mol. The van der Waals surface area contributed by atoms with E-state index in [4.69, 9.17) is 0 Å². The largest absolute Gasteiger partial charge is 0.312 e. The van der Waals surface area contributed by atoms with Crippen molar-refractivity contribution in [3.05, 3.63) is 35.4 Å². The Morgan fingerprint density at radius 2 is 1.70 bits per heavy atom. The normalized spacial score (nSPS) is 16.9. The first-order valence-electron chi connectivity index (χ1n) is 8.05. The SMILES string of the molecule is CC(C)CNCc1ccc(CN(C)C(C)C2CC2)cc1. The number of nitrogens with one attached hydrogen (secondary N) is 1. The van der Waals surface area contributed by atoms with Crippen LogP contribution >= 0.6 is 0 Å². The number of hydrogen-bond acceptors (Lipinski definition) is 2. The van der Waals surface area contributed by atoms with Gasteiger partial charge in [-0.2, -0.15) is 0 Å². The highest BCUT2D eigenvalue weighted by molar-refractivity contribution is 5.22. The van der Waals surface area contributed by atoms with Crippen LogP contribution in [-0.4, -0.2) is 24.5 Å². The molecule has 1 fully saturated rings. The van der Waals surface area contributed by atoms with E-state index in [1.54, 1.807) is 0 Å². The fourth-order valence-corrected chi connectivity index (χ4v) is 2.64. The molecule has 0 saturated heterocycles. The van der Waals surface area contributed by atoms with Gasteiger partial charge in [-0.3, -0.25) is 4.90 Å². The third-order valence-electron chi connectivity index (χ3n) is 4.34. The Kier molecular flexibility index (Phi) is 5.62. The first-order chi connectivity index (χ1) is 9.56. The lowest BCUT2D eigenvalue weighted by Gasteiger charge is -2.24. The van der Waals surface area contributed by atoms with Gasteiger partial charge in [-0.25, -0.2) is 0 Å². The lowest BCUT2D eigenvalue weighted by molar-refractivity contribution is 0.226. The molecule has 1 aromatic rings. The molecule has 0 amide bonds. The molecule has 1 unspecified atom stereocenters. The predicted octanol–water partition coefficient (Wildman–Crippen LogP) is 3.66. The summed E-state index contributed by atoms with van der Waals surface area (Å²) in [5.41, 5.74) is 2.81. The van der Waals surface area contributed by atoms with Crippen LogP contribution in [0, 0.1) is 11.8 Å². The van der Waals surface area contributed by atoms with E-state index in [1.807, 2.05) is 0 Å². The molecule has 0 heterocycles. The number of nitrogens with zero attached hydrogens (tertiary/aromatic N) is 1. The first-order valence-corrected chi connectivity index (χ1v) is 8.05. The summed E-state index contributed by atoms with van der Waals surface area (Å²) in [5.74, 6) is 1.66. The second-order valence-electron chi connectivity index (χ2n) is 6.83. The minimum Gasteiger partial charge on any atom is -0.312 e. The highest BCUT2D eigenvalue weighted by Gasteiger charge is 2.30. The molecule has 0 spiro atoms. The quantitative estimate of drug-likeness (QED) is 0.778. The predicted molar refractivity (Wildman–Crippen MR) is 86.6 cm³/mol. The van der Waals surface area contributed by atoms with Crippen molar-refractivity contribution in [1.82, 2.24) is 10.2 Å². The van der Waals surface area contributed by atoms with Crippen molar-refractivity contribution in [3.63, 3.8) is 0 Å². The topological polar surface area (TPSA) is 15.3 Å². The maximum Gasteiger partial charge on any atom is 0.0233 e. The van der Waals surface area contributed by atoms with Gasteiger partial charge in [-0.1, -0.05) is 38.1 Å². The smallest absolute Gasteiger partial charge is 0.0233 e. The highest BCUT2D eigenvalue weighted by Crippen LogP contribution is 2.35. The van der Waals surface area contributed by atoms with Crippen LogP contribution in [0.1, 0.15) is 44.7 Å². The average Bonchev–Trinajstić information content (AvgIpc) is 3.24. The second-order valence-corrected chi connectivity index (χ2v) is 6.83. The first kappa shape index (κ1) is 15.5. The second kappa shape index (κ2) is 7.24. The number of rotatable bonds is 8. The maximum absolute atomic E-state index is 3.49. The van der Waals surface area contributed by atoms with Gasteiger partial charge in [0.25, 0.3) is 0 Å². The van der Waals surface area contributed by atoms with Crippen molar-refractivity contribution >= 4 is 0 Å². The Bertz CT molecular complexity index is 392. The zero-order valence-electron chi connectivity index (χ0n) is 13.5. The standard InChI is InChI=1S/C18H30N2/c1-14(2)11-19-12-16-5-7-17(8-6-16)13-20(4)15(3)18-9-10-18/h5-8,14-15,18-19H,9-13H2,1-4H3. The van der Waals surface area contributed by atoms with Crippen LogP contribution in [0.25, 0.3) is 0 Å². The summed E-state index contributed by atoms with van der Waals surface area (Å²) in [4.78, 5) is 2.49. The monoisotopic (exact) mass is 274 g/mol. The van der Waals surface area contributed by atoms with Crippen LogP contribution in [-0.2, 0) is 13.1 Å². The molecule has 112 valence electrons. The minimum atomic E-state index is 0.715. The van der Waals surface area contributed by atoms with E-state index >= 15 is 0 Å². The summed E-state index contributed by atoms with van der Waals surface area (Å²) in [5, 5.41) is 3.49. The zero-order valence-corrected chi connectivity index (χ0v) is 13.5. The van der Waals surface area contributed by atoms with E-state index in [2.05, 4.69) is 62.3 Å². The molecule has 0 aromatic heterocycles. The maximum atomic E-state index is 3.49. The van der Waals surface area contributed by atoms with E-state index in [0.717, 1.165) is 31.6 Å². The van der Waals surface area contributed by atoms with Crippen molar-refractivity contribution in [1.29, 1.82) is 0 Å². The number of benzene rings is 1. The van der Waals surface area contributed by atoms with Crippen molar-refractivity contribution in [2.45, 2.75) is 52.7 Å². The molecule has 1 N–H and O–H groups in total. The van der Waals surface area contributed by atoms with Gasteiger partial charge in [0.05, 0.1) is 0 Å². The Morgan fingerprint density at radius 3 is 2.25 bits per heavy atom. The Balaban J connectivity index is 1.78. The Labute approximate surface area is 124 Å². The van der Waals surface area contributed by atoms with Crippen LogP contribution in [0.15, 0.2) is 24.3 Å². The Morgan fingerprint density at radius 1 is 1.10 bits per heavy atom. The van der Waals surface area contributed by atoms with E-state index in [9.17, 15) is 0 Å². The van der Waals surface area contributed by atoms with E-state index in [1.165, 1.54) is 24.0 Å². The van der Waals surface area contributed by atoms with E-state index in [-0.39, 0.29) is 0 Å². The highest BCUT2D eigenvalue weighted by atomic mass is 15.1. The molecule has 1 aromatic carbocycles. The molecule has 2 rings (SSSR count). The van der Waals surface area contributed by atoms with Gasteiger partial charge >= 0.3 is 0 Å². The molecular weight excluding hydrogens is 244 g/mol. The summed E-state index contributed by atoms with van der Waals surface area (Å²) in [7, 11) is 2.25. The minimum absolute atomic E-state index is 0.715. The van der Waals surface area contributed by atoms with Gasteiger partial charge in [-0.15, -0.1) is 0 Å². The lowest BCUT2D eigenvalue weighted by atomic mass is 10.1. The van der Waals surface area contributed by atoms with Gasteiger partial charge in [0.1, 0.15) is 0 Å². The molecule has 1 atom stereocenters. The van der Waals surface area contributed by atoms with Crippen molar-refractivity contribution in [2.75, 3.05) is 13.6 Å². The van der Waals surface area contributed by atoms with Crippen LogP contribution < -0.4 is 5.32 Å². The summed E-state index contributed by atoms with van der Waals surface area (Å²) in [6, 6.07) is 9.81. The van der Waals surface area contributed by atoms with Crippen molar-refractivity contribution in [3.8, 4) is 0 Å². The van der Waals surface area contributed by atoms with Crippen LogP contribution in [0.5, 0.6) is 0 Å². The fraction of sp³-hybridized carbons (Fsp3) is 0.667. The van der Waals surface area contributed by atoms with Crippen LogP contribution in [0.3, 0.4) is 0 Å². The summed E-state index contributed by atoms with van der Waals surface area (Å²) in [6.45, 7) is 9.98. The van der Waals surface area contributed by atoms with E-state index in [0.29, 0.717) is 5.92 Å². The third-order valence-corrected chi connectivity index (χ3v) is 4.34. The summed E-state index contributed by atoms with van der Waals surface area (Å²) >= 11 is 0. The van der Waals surface area contributed by atoms with Crippen molar-refractivity contribution < 1.29 is 0 Å². The number of hydrogen-bond donors (Lipinski definition) is 1.